The van der Waals surface area contributed by atoms with E-state index in [0.717, 1.165) is 12.8 Å². The van der Waals surface area contributed by atoms with Gasteiger partial charge in [-0.2, -0.15) is 0 Å². The number of alkyl carbamates (subject to hydrolysis) is 1. The monoisotopic (exact) mass is 334 g/mol. The average Bonchev–Trinajstić information content (AvgIpc) is 2.54. The van der Waals surface area contributed by atoms with Gasteiger partial charge in [-0.25, -0.2) is 4.79 Å². The second-order valence-corrected chi connectivity index (χ2v) is 7.66. The summed E-state index contributed by atoms with van der Waals surface area (Å²) in [6.07, 6.45) is 6.80. The topological polar surface area (TPSA) is 71.5 Å². The third kappa shape index (κ3) is 6.11. The van der Waals surface area contributed by atoms with Gasteiger partial charge in [0.2, 0.25) is 0 Å². The first-order chi connectivity index (χ1) is 11.3. The zero-order valence-corrected chi connectivity index (χ0v) is 15.0. The molecule has 1 amide bonds. The van der Waals surface area contributed by atoms with Crippen LogP contribution in [0.3, 0.4) is 0 Å². The molecule has 1 heterocycles. The van der Waals surface area contributed by atoms with Gasteiger partial charge in [0.15, 0.2) is 0 Å². The molecule has 0 spiro atoms. The number of aromatic nitrogens is 1. The van der Waals surface area contributed by atoms with Crippen molar-refractivity contribution in [2.45, 2.75) is 77.0 Å². The van der Waals surface area contributed by atoms with Gasteiger partial charge in [-0.05, 0) is 58.1 Å². The molecule has 0 radical (unpaired) electrons. The lowest BCUT2D eigenvalue weighted by atomic mass is 9.81. The SMILES string of the molecule is CC(C)(C)OC(=O)NC(CC(O)c1ccccn1)C1CCCCC1. The predicted molar refractivity (Wildman–Crippen MR) is 93.5 cm³/mol. The molecular weight excluding hydrogens is 304 g/mol. The number of hydrogen-bond donors (Lipinski definition) is 2. The third-order valence-electron chi connectivity index (χ3n) is 4.43. The summed E-state index contributed by atoms with van der Waals surface area (Å²) >= 11 is 0. The van der Waals surface area contributed by atoms with E-state index in [1.807, 2.05) is 39.0 Å². The van der Waals surface area contributed by atoms with E-state index in [0.29, 0.717) is 18.0 Å². The van der Waals surface area contributed by atoms with E-state index in [-0.39, 0.29) is 6.04 Å². The quantitative estimate of drug-likeness (QED) is 0.854. The van der Waals surface area contributed by atoms with E-state index in [9.17, 15) is 9.90 Å². The Morgan fingerprint density at radius 1 is 1.33 bits per heavy atom. The van der Waals surface area contributed by atoms with Crippen LogP contribution in [0, 0.1) is 5.92 Å². The summed E-state index contributed by atoms with van der Waals surface area (Å²) in [4.78, 5) is 16.4. The number of carbonyl (C=O) groups excluding carboxylic acids is 1. The second kappa shape index (κ2) is 8.47. The first kappa shape index (κ1) is 18.7. The molecule has 5 nitrogen and oxygen atoms in total. The normalized spacial score (nSPS) is 18.7. The van der Waals surface area contributed by atoms with Gasteiger partial charge < -0.3 is 15.2 Å². The number of ether oxygens (including phenoxy) is 1. The fourth-order valence-corrected chi connectivity index (χ4v) is 3.30. The molecule has 1 aliphatic rings. The Morgan fingerprint density at radius 2 is 2.04 bits per heavy atom. The fourth-order valence-electron chi connectivity index (χ4n) is 3.30. The number of hydrogen-bond acceptors (Lipinski definition) is 4. The van der Waals surface area contributed by atoms with Crippen LogP contribution in [0.4, 0.5) is 4.79 Å². The van der Waals surface area contributed by atoms with Gasteiger partial charge in [0.1, 0.15) is 5.60 Å². The van der Waals surface area contributed by atoms with E-state index < -0.39 is 17.8 Å². The Balaban J connectivity index is 2.03. The van der Waals surface area contributed by atoms with Crippen LogP contribution in [0.1, 0.15) is 71.1 Å². The molecule has 2 N–H and O–H groups in total. The summed E-state index contributed by atoms with van der Waals surface area (Å²) in [5.41, 5.74) is 0.116. The lowest BCUT2D eigenvalue weighted by molar-refractivity contribution is 0.0438. The highest BCUT2D eigenvalue weighted by molar-refractivity contribution is 5.68. The minimum absolute atomic E-state index is 0.0999. The van der Waals surface area contributed by atoms with Crippen molar-refractivity contribution in [3.8, 4) is 0 Å². The number of amides is 1. The molecule has 1 aliphatic carbocycles. The summed E-state index contributed by atoms with van der Waals surface area (Å²) in [5.74, 6) is 0.379. The molecular formula is C19H30N2O3. The van der Waals surface area contributed by atoms with Gasteiger partial charge >= 0.3 is 6.09 Å². The molecule has 134 valence electrons. The number of pyridine rings is 1. The molecule has 2 rings (SSSR count). The Kier molecular flexibility index (Phi) is 6.60. The van der Waals surface area contributed by atoms with Crippen LogP contribution in [-0.4, -0.2) is 27.8 Å². The minimum atomic E-state index is -0.687. The predicted octanol–water partition coefficient (Wildman–Crippen LogP) is 3.98. The van der Waals surface area contributed by atoms with E-state index >= 15 is 0 Å². The van der Waals surface area contributed by atoms with E-state index in [1.165, 1.54) is 19.3 Å². The first-order valence-electron chi connectivity index (χ1n) is 8.93. The van der Waals surface area contributed by atoms with E-state index in [4.69, 9.17) is 4.74 Å². The Morgan fingerprint density at radius 3 is 2.62 bits per heavy atom. The smallest absolute Gasteiger partial charge is 0.407 e. The summed E-state index contributed by atoms with van der Waals surface area (Å²) in [6.45, 7) is 5.56. The van der Waals surface area contributed by atoms with Crippen LogP contribution in [0.15, 0.2) is 24.4 Å². The van der Waals surface area contributed by atoms with Crippen LogP contribution in [0.5, 0.6) is 0 Å². The number of nitrogens with one attached hydrogen (secondary N) is 1. The van der Waals surface area contributed by atoms with Crippen LogP contribution in [0.25, 0.3) is 0 Å². The maximum absolute atomic E-state index is 12.2. The molecule has 1 aromatic heterocycles. The largest absolute Gasteiger partial charge is 0.444 e. The third-order valence-corrected chi connectivity index (χ3v) is 4.43. The zero-order chi connectivity index (χ0) is 17.6. The van der Waals surface area contributed by atoms with Crippen LogP contribution >= 0.6 is 0 Å². The number of rotatable bonds is 5. The molecule has 2 unspecified atom stereocenters. The number of carbonyl (C=O) groups is 1. The van der Waals surface area contributed by atoms with Gasteiger partial charge in [0.25, 0.3) is 0 Å². The molecule has 24 heavy (non-hydrogen) atoms. The van der Waals surface area contributed by atoms with Crippen molar-refractivity contribution in [3.63, 3.8) is 0 Å². The summed E-state index contributed by atoms with van der Waals surface area (Å²) in [6, 6.07) is 5.41. The summed E-state index contributed by atoms with van der Waals surface area (Å²) in [5, 5.41) is 13.5. The number of aliphatic hydroxyl groups is 1. The fraction of sp³-hybridized carbons (Fsp3) is 0.684. The Hall–Kier alpha value is -1.62. The Labute approximate surface area is 144 Å². The van der Waals surface area contributed by atoms with Crippen molar-refractivity contribution in [1.29, 1.82) is 0 Å². The average molecular weight is 334 g/mol. The van der Waals surface area contributed by atoms with Crippen molar-refractivity contribution in [3.05, 3.63) is 30.1 Å². The van der Waals surface area contributed by atoms with Crippen molar-refractivity contribution in [1.82, 2.24) is 10.3 Å². The zero-order valence-electron chi connectivity index (χ0n) is 15.0. The molecule has 2 atom stereocenters. The summed E-state index contributed by atoms with van der Waals surface area (Å²) < 4.78 is 5.40. The van der Waals surface area contributed by atoms with E-state index in [2.05, 4.69) is 10.3 Å². The molecule has 0 aliphatic heterocycles. The highest BCUT2D eigenvalue weighted by Gasteiger charge is 2.29. The van der Waals surface area contributed by atoms with Gasteiger partial charge in [-0.1, -0.05) is 25.3 Å². The molecule has 0 bridgehead atoms. The molecule has 1 aromatic rings. The molecule has 0 aromatic carbocycles. The molecule has 0 saturated heterocycles. The van der Waals surface area contributed by atoms with Crippen LogP contribution < -0.4 is 5.32 Å². The van der Waals surface area contributed by atoms with Crippen LogP contribution in [0.2, 0.25) is 0 Å². The van der Waals surface area contributed by atoms with Gasteiger partial charge in [0, 0.05) is 12.2 Å². The first-order valence-corrected chi connectivity index (χ1v) is 8.93. The maximum Gasteiger partial charge on any atom is 0.407 e. The second-order valence-electron chi connectivity index (χ2n) is 7.66. The lowest BCUT2D eigenvalue weighted by Crippen LogP contribution is -2.44. The van der Waals surface area contributed by atoms with Crippen molar-refractivity contribution < 1.29 is 14.6 Å². The standard InChI is InChI=1S/C19H30N2O3/c1-19(2,3)24-18(23)21-16(14-9-5-4-6-10-14)13-17(22)15-11-7-8-12-20-15/h7-8,11-12,14,16-17,22H,4-6,9-10,13H2,1-3H3,(H,21,23). The lowest BCUT2D eigenvalue weighted by Gasteiger charge is -2.33. The van der Waals surface area contributed by atoms with Crippen LogP contribution in [-0.2, 0) is 4.74 Å². The number of aliphatic hydroxyl groups excluding tert-OH is 1. The Bertz CT molecular complexity index is 507. The van der Waals surface area contributed by atoms with Crippen molar-refractivity contribution >= 4 is 6.09 Å². The van der Waals surface area contributed by atoms with Gasteiger partial charge in [-0.15, -0.1) is 0 Å². The number of nitrogens with zero attached hydrogens (tertiary/aromatic N) is 1. The molecule has 5 heteroatoms. The van der Waals surface area contributed by atoms with Crippen molar-refractivity contribution in [2.75, 3.05) is 0 Å². The van der Waals surface area contributed by atoms with Gasteiger partial charge in [-0.3, -0.25) is 4.98 Å². The van der Waals surface area contributed by atoms with Crippen molar-refractivity contribution in [2.24, 2.45) is 5.92 Å². The molecule has 1 saturated carbocycles. The van der Waals surface area contributed by atoms with Gasteiger partial charge in [0.05, 0.1) is 11.8 Å². The highest BCUT2D eigenvalue weighted by atomic mass is 16.6. The maximum atomic E-state index is 12.2. The minimum Gasteiger partial charge on any atom is -0.444 e. The summed E-state index contributed by atoms with van der Waals surface area (Å²) in [7, 11) is 0. The van der Waals surface area contributed by atoms with E-state index in [1.54, 1.807) is 6.20 Å². The molecule has 1 fully saturated rings. The highest BCUT2D eigenvalue weighted by Crippen LogP contribution is 2.30.